The minimum atomic E-state index is -4.21. The predicted molar refractivity (Wildman–Crippen MR) is 166 cm³/mol. The number of nitrogens with zero attached hydrogens (tertiary/aromatic N) is 2. The van der Waals surface area contributed by atoms with Gasteiger partial charge in [-0.05, 0) is 74.7 Å². The van der Waals surface area contributed by atoms with Gasteiger partial charge in [0.05, 0.1) is 10.6 Å². The van der Waals surface area contributed by atoms with Crippen LogP contribution in [0.4, 0.5) is 5.69 Å². The summed E-state index contributed by atoms with van der Waals surface area (Å²) < 4.78 is 29.0. The number of anilines is 1. The number of halogens is 3. The fourth-order valence-corrected chi connectivity index (χ4v) is 6.28. The van der Waals surface area contributed by atoms with Crippen LogP contribution in [0.15, 0.2) is 65.6 Å². The number of hydrogen-bond donors (Lipinski definition) is 1. The topological polar surface area (TPSA) is 86.8 Å². The summed E-state index contributed by atoms with van der Waals surface area (Å²) in [4.78, 5) is 28.5. The number of rotatable bonds is 12. The summed E-state index contributed by atoms with van der Waals surface area (Å²) in [5, 5.41) is 3.96. The molecule has 0 saturated heterocycles. The molecular weight excluding hydrogens is 605 g/mol. The lowest BCUT2D eigenvalue weighted by Crippen LogP contribution is -2.51. The summed E-state index contributed by atoms with van der Waals surface area (Å²) in [5.74, 6) is -0.951. The van der Waals surface area contributed by atoms with Crippen molar-refractivity contribution >= 4 is 62.3 Å². The van der Waals surface area contributed by atoms with Gasteiger partial charge in [0, 0.05) is 28.2 Å². The summed E-state index contributed by atoms with van der Waals surface area (Å²) >= 11 is 18.9. The number of nitrogens with one attached hydrogen (secondary N) is 1. The lowest BCUT2D eigenvalue weighted by molar-refractivity contribution is -0.139. The Hall–Kier alpha value is -2.78. The number of unbranched alkanes of at least 4 members (excludes halogenated alkanes) is 1. The van der Waals surface area contributed by atoms with Crippen LogP contribution in [0.5, 0.6) is 0 Å². The van der Waals surface area contributed by atoms with E-state index in [1.807, 2.05) is 13.8 Å². The summed E-state index contributed by atoms with van der Waals surface area (Å²) in [5.41, 5.74) is 2.20. The van der Waals surface area contributed by atoms with Gasteiger partial charge < -0.3 is 10.2 Å². The highest BCUT2D eigenvalue weighted by molar-refractivity contribution is 7.92. The molecule has 0 saturated carbocycles. The predicted octanol–water partition coefficient (Wildman–Crippen LogP) is 6.79. The van der Waals surface area contributed by atoms with Crippen LogP contribution in [0.3, 0.4) is 0 Å². The third-order valence-electron chi connectivity index (χ3n) is 6.75. The van der Waals surface area contributed by atoms with Gasteiger partial charge in [0.15, 0.2) is 0 Å². The van der Waals surface area contributed by atoms with Crippen molar-refractivity contribution in [3.8, 4) is 0 Å². The number of aryl methyl sites for hydroxylation is 1. The molecular formula is C30H34Cl3N3O4S. The molecule has 1 atom stereocenters. The molecule has 0 bridgehead atoms. The van der Waals surface area contributed by atoms with Crippen LogP contribution in [-0.2, 0) is 26.2 Å². The normalized spacial score (nSPS) is 12.1. The number of amides is 2. The monoisotopic (exact) mass is 637 g/mol. The number of benzene rings is 3. The van der Waals surface area contributed by atoms with E-state index in [0.717, 1.165) is 22.7 Å². The molecule has 220 valence electrons. The van der Waals surface area contributed by atoms with Crippen LogP contribution in [0.2, 0.25) is 15.1 Å². The van der Waals surface area contributed by atoms with Gasteiger partial charge in [-0.1, -0.05) is 78.0 Å². The Balaban J connectivity index is 2.06. The Bertz CT molecular complexity index is 1500. The van der Waals surface area contributed by atoms with Crippen LogP contribution >= 0.6 is 34.8 Å². The number of hydrogen-bond acceptors (Lipinski definition) is 4. The summed E-state index contributed by atoms with van der Waals surface area (Å²) in [6.07, 6.45) is 1.68. The van der Waals surface area contributed by atoms with Crippen molar-refractivity contribution in [2.45, 2.75) is 58.0 Å². The molecule has 11 heteroatoms. The van der Waals surface area contributed by atoms with Crippen molar-refractivity contribution in [1.82, 2.24) is 10.2 Å². The van der Waals surface area contributed by atoms with Gasteiger partial charge in [-0.3, -0.25) is 13.9 Å². The molecule has 0 aliphatic rings. The fourth-order valence-electron chi connectivity index (χ4n) is 4.17. The lowest BCUT2D eigenvalue weighted by Gasteiger charge is -2.32. The molecule has 3 aromatic carbocycles. The molecule has 0 fully saturated rings. The van der Waals surface area contributed by atoms with Crippen LogP contribution in [0.1, 0.15) is 43.4 Å². The van der Waals surface area contributed by atoms with E-state index >= 15 is 0 Å². The van der Waals surface area contributed by atoms with E-state index < -0.39 is 28.5 Å². The van der Waals surface area contributed by atoms with E-state index in [4.69, 9.17) is 34.8 Å². The van der Waals surface area contributed by atoms with Crippen molar-refractivity contribution < 1.29 is 18.0 Å². The first-order valence-corrected chi connectivity index (χ1v) is 15.8. The zero-order valence-electron chi connectivity index (χ0n) is 23.5. The summed E-state index contributed by atoms with van der Waals surface area (Å²) in [6.45, 7) is 7.00. The van der Waals surface area contributed by atoms with E-state index in [0.29, 0.717) is 32.7 Å². The average Bonchev–Trinajstić information content (AvgIpc) is 2.93. The highest BCUT2D eigenvalue weighted by Gasteiger charge is 2.33. The van der Waals surface area contributed by atoms with Gasteiger partial charge in [-0.15, -0.1) is 0 Å². The number of carbonyl (C=O) groups is 2. The Morgan fingerprint density at radius 1 is 0.951 bits per heavy atom. The Kier molecular flexibility index (Phi) is 11.5. The van der Waals surface area contributed by atoms with Crippen LogP contribution in [0.25, 0.3) is 0 Å². The maximum Gasteiger partial charge on any atom is 0.264 e. The first-order valence-electron chi connectivity index (χ1n) is 13.2. The van der Waals surface area contributed by atoms with Gasteiger partial charge in [0.25, 0.3) is 10.0 Å². The van der Waals surface area contributed by atoms with Crippen molar-refractivity contribution in [3.63, 3.8) is 0 Å². The first kappa shape index (κ1) is 32.7. The Labute approximate surface area is 257 Å². The van der Waals surface area contributed by atoms with E-state index in [2.05, 4.69) is 5.32 Å². The third kappa shape index (κ3) is 8.16. The molecule has 7 nitrogen and oxygen atoms in total. The fraction of sp³-hybridized carbons (Fsp3) is 0.333. The van der Waals surface area contributed by atoms with E-state index in [1.54, 1.807) is 62.4 Å². The quantitative estimate of drug-likeness (QED) is 0.221. The average molecular weight is 639 g/mol. The maximum atomic E-state index is 14.1. The first-order chi connectivity index (χ1) is 19.4. The Morgan fingerprint density at radius 2 is 1.63 bits per heavy atom. The molecule has 0 heterocycles. The lowest BCUT2D eigenvalue weighted by atomic mass is 10.1. The molecule has 41 heavy (non-hydrogen) atoms. The number of sulfonamides is 1. The maximum absolute atomic E-state index is 14.1. The molecule has 0 aliphatic carbocycles. The highest BCUT2D eigenvalue weighted by Crippen LogP contribution is 2.31. The van der Waals surface area contributed by atoms with E-state index in [9.17, 15) is 18.0 Å². The summed E-state index contributed by atoms with van der Waals surface area (Å²) in [7, 11) is -4.21. The smallest absolute Gasteiger partial charge is 0.264 e. The number of carbonyl (C=O) groups excluding carboxylic acids is 2. The zero-order valence-corrected chi connectivity index (χ0v) is 26.5. The standard InChI is InChI=1S/C30H34Cl3N3O4S/c1-5-6-16-34-30(38)22(4)35(18-23-12-13-24(31)17-27(23)33)29(37)19-36(28-9-7-8-26(32)21(28)3)41(39,40)25-14-10-20(2)11-15-25/h7-15,17,22H,5-6,16,18-19H2,1-4H3,(H,34,38)/t22-/m0/s1. The molecule has 2 amide bonds. The Morgan fingerprint density at radius 3 is 2.27 bits per heavy atom. The molecule has 3 aromatic rings. The van der Waals surface area contributed by atoms with Gasteiger partial charge in [0.2, 0.25) is 11.8 Å². The largest absolute Gasteiger partial charge is 0.354 e. The second-order valence-electron chi connectivity index (χ2n) is 9.79. The second kappa shape index (κ2) is 14.4. The van der Waals surface area contributed by atoms with Crippen LogP contribution in [0, 0.1) is 13.8 Å². The minimum absolute atomic E-state index is 0.0212. The van der Waals surface area contributed by atoms with Crippen molar-refractivity contribution in [2.24, 2.45) is 0 Å². The second-order valence-corrected chi connectivity index (χ2v) is 12.9. The van der Waals surface area contributed by atoms with E-state index in [-0.39, 0.29) is 23.0 Å². The molecule has 1 N–H and O–H groups in total. The van der Waals surface area contributed by atoms with Crippen LogP contribution < -0.4 is 9.62 Å². The minimum Gasteiger partial charge on any atom is -0.354 e. The SMILES string of the molecule is CCCCNC(=O)[C@H](C)N(Cc1ccc(Cl)cc1Cl)C(=O)CN(c1cccc(Cl)c1C)S(=O)(=O)c1ccc(C)cc1. The molecule has 0 unspecified atom stereocenters. The van der Waals surface area contributed by atoms with Gasteiger partial charge in [-0.25, -0.2) is 8.42 Å². The van der Waals surface area contributed by atoms with E-state index in [1.165, 1.54) is 17.0 Å². The third-order valence-corrected chi connectivity index (χ3v) is 9.52. The molecule has 0 spiro atoms. The van der Waals surface area contributed by atoms with Gasteiger partial charge >= 0.3 is 0 Å². The van der Waals surface area contributed by atoms with Crippen molar-refractivity contribution in [1.29, 1.82) is 0 Å². The van der Waals surface area contributed by atoms with Gasteiger partial charge in [-0.2, -0.15) is 0 Å². The van der Waals surface area contributed by atoms with Crippen molar-refractivity contribution in [3.05, 3.63) is 92.4 Å². The highest BCUT2D eigenvalue weighted by atomic mass is 35.5. The molecule has 0 aromatic heterocycles. The molecule has 3 rings (SSSR count). The van der Waals surface area contributed by atoms with Crippen molar-refractivity contribution in [2.75, 3.05) is 17.4 Å². The van der Waals surface area contributed by atoms with Crippen LogP contribution in [-0.4, -0.2) is 44.3 Å². The van der Waals surface area contributed by atoms with Gasteiger partial charge in [0.1, 0.15) is 12.6 Å². The summed E-state index contributed by atoms with van der Waals surface area (Å²) in [6, 6.07) is 15.2. The molecule has 0 aliphatic heterocycles. The zero-order chi connectivity index (χ0) is 30.3. The molecule has 0 radical (unpaired) electrons.